The topological polar surface area (TPSA) is 43.8 Å². The van der Waals surface area contributed by atoms with Crippen LogP contribution in [0.5, 0.6) is 0 Å². The van der Waals surface area contributed by atoms with E-state index in [1.165, 1.54) is 0 Å². The molecule has 0 aromatic carbocycles. The van der Waals surface area contributed by atoms with Crippen LogP contribution < -0.4 is 5.73 Å². The lowest BCUT2D eigenvalue weighted by Gasteiger charge is -2.10. The molecule has 0 aliphatic rings. The van der Waals surface area contributed by atoms with Crippen LogP contribution in [0.2, 0.25) is 0 Å². The summed E-state index contributed by atoms with van der Waals surface area (Å²) in [5.41, 5.74) is 7.36. The SMILES string of the molecule is Cn1ccnc1CCC(N)c1cc(Br)sc1Br. The second kappa shape index (κ2) is 5.65. The zero-order valence-electron chi connectivity index (χ0n) is 9.36. The van der Waals surface area contributed by atoms with Gasteiger partial charge in [0.2, 0.25) is 0 Å². The average Bonchev–Trinajstić information content (AvgIpc) is 2.81. The van der Waals surface area contributed by atoms with Gasteiger partial charge in [0.25, 0.3) is 0 Å². The van der Waals surface area contributed by atoms with Crippen molar-refractivity contribution < 1.29 is 0 Å². The second-order valence-corrected chi connectivity index (χ2v) is 7.63. The molecule has 2 aromatic rings. The molecule has 0 bridgehead atoms. The number of nitrogens with two attached hydrogens (primary N) is 1. The smallest absolute Gasteiger partial charge is 0.108 e. The van der Waals surface area contributed by atoms with Gasteiger partial charge in [-0.3, -0.25) is 0 Å². The molecule has 0 spiro atoms. The summed E-state index contributed by atoms with van der Waals surface area (Å²) < 4.78 is 4.24. The first-order valence-corrected chi connectivity index (χ1v) is 7.64. The average molecular weight is 379 g/mol. The number of aryl methyl sites for hydroxylation is 2. The van der Waals surface area contributed by atoms with E-state index in [1.54, 1.807) is 11.3 Å². The second-order valence-electron chi connectivity index (χ2n) is 3.88. The molecule has 1 atom stereocenters. The van der Waals surface area contributed by atoms with Gasteiger partial charge in [-0.25, -0.2) is 4.98 Å². The first-order valence-electron chi connectivity index (χ1n) is 5.24. The van der Waals surface area contributed by atoms with E-state index in [2.05, 4.69) is 42.9 Å². The van der Waals surface area contributed by atoms with Crippen LogP contribution in [0.3, 0.4) is 0 Å². The Morgan fingerprint density at radius 2 is 2.29 bits per heavy atom. The number of aromatic nitrogens is 2. The molecule has 1 unspecified atom stereocenters. The zero-order chi connectivity index (χ0) is 12.4. The number of imidazole rings is 1. The lowest BCUT2D eigenvalue weighted by Crippen LogP contribution is -2.12. The molecule has 0 saturated heterocycles. The Balaban J connectivity index is 2.00. The summed E-state index contributed by atoms with van der Waals surface area (Å²) in [5, 5.41) is 0. The Kier molecular flexibility index (Phi) is 4.41. The quantitative estimate of drug-likeness (QED) is 0.882. The molecule has 0 fully saturated rings. The van der Waals surface area contributed by atoms with Gasteiger partial charge in [-0.1, -0.05) is 0 Å². The van der Waals surface area contributed by atoms with Gasteiger partial charge in [-0.05, 0) is 49.9 Å². The number of thiophene rings is 1. The van der Waals surface area contributed by atoms with Crippen LogP contribution in [0.25, 0.3) is 0 Å². The molecule has 2 heterocycles. The molecule has 0 aliphatic carbocycles. The van der Waals surface area contributed by atoms with E-state index in [-0.39, 0.29) is 6.04 Å². The third-order valence-electron chi connectivity index (χ3n) is 2.68. The van der Waals surface area contributed by atoms with Crippen LogP contribution in [0.4, 0.5) is 0 Å². The van der Waals surface area contributed by atoms with Gasteiger partial charge in [0, 0.05) is 31.9 Å². The van der Waals surface area contributed by atoms with Crippen molar-refractivity contribution in [3.8, 4) is 0 Å². The van der Waals surface area contributed by atoms with Crippen LogP contribution in [0, 0.1) is 0 Å². The van der Waals surface area contributed by atoms with Crippen molar-refractivity contribution in [1.82, 2.24) is 9.55 Å². The normalized spacial score (nSPS) is 12.9. The van der Waals surface area contributed by atoms with Gasteiger partial charge in [0.1, 0.15) is 5.82 Å². The highest BCUT2D eigenvalue weighted by molar-refractivity contribution is 9.12. The van der Waals surface area contributed by atoms with Gasteiger partial charge >= 0.3 is 0 Å². The van der Waals surface area contributed by atoms with Crippen LogP contribution in [0.15, 0.2) is 26.0 Å². The van der Waals surface area contributed by atoms with E-state index in [4.69, 9.17) is 5.73 Å². The maximum atomic E-state index is 6.19. The molecule has 6 heteroatoms. The Morgan fingerprint density at radius 3 is 2.82 bits per heavy atom. The van der Waals surface area contributed by atoms with Gasteiger partial charge in [0.05, 0.1) is 7.57 Å². The minimum absolute atomic E-state index is 0.0450. The molecule has 0 aliphatic heterocycles. The van der Waals surface area contributed by atoms with Crippen molar-refractivity contribution in [2.24, 2.45) is 12.8 Å². The summed E-state index contributed by atoms with van der Waals surface area (Å²) in [6.07, 6.45) is 5.56. The van der Waals surface area contributed by atoms with Crippen molar-refractivity contribution in [3.05, 3.63) is 37.4 Å². The Hall–Kier alpha value is -0.170. The number of rotatable bonds is 4. The highest BCUT2D eigenvalue weighted by Gasteiger charge is 2.14. The minimum Gasteiger partial charge on any atom is -0.338 e. The van der Waals surface area contributed by atoms with Crippen LogP contribution in [0.1, 0.15) is 23.9 Å². The molecule has 3 nitrogen and oxygen atoms in total. The summed E-state index contributed by atoms with van der Waals surface area (Å²) in [6, 6.07) is 2.13. The third-order valence-corrected chi connectivity index (χ3v) is 5.07. The number of hydrogen-bond donors (Lipinski definition) is 1. The van der Waals surface area contributed by atoms with Crippen molar-refractivity contribution in [2.75, 3.05) is 0 Å². The molecule has 2 rings (SSSR count). The number of halogens is 2. The predicted molar refractivity (Wildman–Crippen MR) is 78.2 cm³/mol. The fourth-order valence-electron chi connectivity index (χ4n) is 1.68. The monoisotopic (exact) mass is 377 g/mol. The van der Waals surface area contributed by atoms with Crippen molar-refractivity contribution in [3.63, 3.8) is 0 Å². The van der Waals surface area contributed by atoms with Gasteiger partial charge in [0.15, 0.2) is 0 Å². The van der Waals surface area contributed by atoms with E-state index in [9.17, 15) is 0 Å². The van der Waals surface area contributed by atoms with E-state index in [1.807, 2.05) is 24.0 Å². The maximum absolute atomic E-state index is 6.19. The maximum Gasteiger partial charge on any atom is 0.108 e. The van der Waals surface area contributed by atoms with E-state index >= 15 is 0 Å². The summed E-state index contributed by atoms with van der Waals surface area (Å²) in [4.78, 5) is 4.30. The molecular weight excluding hydrogens is 366 g/mol. The highest BCUT2D eigenvalue weighted by Crippen LogP contribution is 2.35. The number of nitrogens with zero attached hydrogens (tertiary/aromatic N) is 2. The minimum atomic E-state index is 0.0450. The Bertz CT molecular complexity index is 507. The fraction of sp³-hybridized carbons (Fsp3) is 0.364. The van der Waals surface area contributed by atoms with E-state index in [0.717, 1.165) is 31.8 Å². The first kappa shape index (κ1) is 13.3. The van der Waals surface area contributed by atoms with Gasteiger partial charge in [-0.2, -0.15) is 0 Å². The van der Waals surface area contributed by atoms with Crippen LogP contribution in [-0.4, -0.2) is 9.55 Å². The lowest BCUT2D eigenvalue weighted by molar-refractivity contribution is 0.620. The molecule has 92 valence electrons. The van der Waals surface area contributed by atoms with Crippen molar-refractivity contribution in [1.29, 1.82) is 0 Å². The zero-order valence-corrected chi connectivity index (χ0v) is 13.3. The van der Waals surface area contributed by atoms with Crippen molar-refractivity contribution >= 4 is 43.2 Å². The first-order chi connectivity index (χ1) is 8.08. The van der Waals surface area contributed by atoms with Crippen molar-refractivity contribution in [2.45, 2.75) is 18.9 Å². The molecule has 17 heavy (non-hydrogen) atoms. The lowest BCUT2D eigenvalue weighted by atomic mass is 10.1. The molecule has 2 N–H and O–H groups in total. The molecule has 0 radical (unpaired) electrons. The van der Waals surface area contributed by atoms with Gasteiger partial charge < -0.3 is 10.3 Å². The highest BCUT2D eigenvalue weighted by atomic mass is 79.9. The molecule has 0 saturated carbocycles. The summed E-state index contributed by atoms with van der Waals surface area (Å²) in [6.45, 7) is 0. The van der Waals surface area contributed by atoms with Crippen LogP contribution in [-0.2, 0) is 13.5 Å². The van der Waals surface area contributed by atoms with Gasteiger partial charge in [-0.15, -0.1) is 11.3 Å². The standard InChI is InChI=1S/C11H13Br2N3S/c1-16-5-4-15-10(16)3-2-8(14)7-6-9(12)17-11(7)13/h4-6,8H,2-3,14H2,1H3. The molecular formula is C11H13Br2N3S. The van der Waals surface area contributed by atoms with E-state index in [0.29, 0.717) is 0 Å². The third kappa shape index (κ3) is 3.19. The number of hydrogen-bond acceptors (Lipinski definition) is 3. The van der Waals surface area contributed by atoms with E-state index < -0.39 is 0 Å². The Morgan fingerprint density at radius 1 is 1.53 bits per heavy atom. The van der Waals surface area contributed by atoms with Crippen LogP contribution >= 0.6 is 43.2 Å². The summed E-state index contributed by atoms with van der Waals surface area (Å²) in [7, 11) is 2.00. The fourth-order valence-corrected chi connectivity index (χ4v) is 4.68. The summed E-state index contributed by atoms with van der Waals surface area (Å²) in [5.74, 6) is 1.07. The molecule has 2 aromatic heterocycles. The Labute approximate surface area is 121 Å². The largest absolute Gasteiger partial charge is 0.338 e. The predicted octanol–water partition coefficient (Wildman–Crippen LogP) is 3.64. The summed E-state index contributed by atoms with van der Waals surface area (Å²) >= 11 is 8.66. The molecule has 0 amide bonds.